The third-order valence-electron chi connectivity index (χ3n) is 5.97. The topological polar surface area (TPSA) is 99.3 Å². The van der Waals surface area contributed by atoms with E-state index in [2.05, 4.69) is 41.0 Å². The molecule has 2 aromatic rings. The number of aromatic nitrogens is 2. The summed E-state index contributed by atoms with van der Waals surface area (Å²) in [6, 6.07) is 9.20. The molecule has 0 spiro atoms. The number of aromatic hydroxyl groups is 1. The predicted molar refractivity (Wildman–Crippen MR) is 111 cm³/mol. The maximum atomic E-state index is 10.1. The molecule has 4 rings (SSSR count). The zero-order valence-electron chi connectivity index (χ0n) is 16.4. The summed E-state index contributed by atoms with van der Waals surface area (Å²) < 4.78 is 0. The molecule has 1 aromatic carbocycles. The van der Waals surface area contributed by atoms with Gasteiger partial charge < -0.3 is 16.2 Å². The number of nitrogens with one attached hydrogen (secondary N) is 2. The second-order valence-electron chi connectivity index (χ2n) is 7.74. The van der Waals surface area contributed by atoms with E-state index in [0.29, 0.717) is 28.9 Å². The fraction of sp³-hybridized carbons (Fsp3) is 0.429. The SMILES string of the molecule is CC1NN(c2cc(-c3ccccc3O)nnc2N)C=C1[C@H](C)C1CCNCC1. The Balaban J connectivity index is 1.63. The lowest BCUT2D eigenvalue weighted by atomic mass is 9.80. The van der Waals surface area contributed by atoms with Gasteiger partial charge in [0.25, 0.3) is 0 Å². The minimum absolute atomic E-state index is 0.172. The van der Waals surface area contributed by atoms with Crippen LogP contribution in [0.5, 0.6) is 5.75 Å². The highest BCUT2D eigenvalue weighted by Gasteiger charge is 2.31. The van der Waals surface area contributed by atoms with E-state index in [9.17, 15) is 5.11 Å². The van der Waals surface area contributed by atoms with E-state index in [4.69, 9.17) is 5.73 Å². The van der Waals surface area contributed by atoms with Crippen LogP contribution in [0.1, 0.15) is 26.7 Å². The Hall–Kier alpha value is -2.64. The number of nitrogens with two attached hydrogens (primary N) is 1. The summed E-state index contributed by atoms with van der Waals surface area (Å²) in [5.41, 5.74) is 13.0. The largest absolute Gasteiger partial charge is 0.507 e. The smallest absolute Gasteiger partial charge is 0.171 e. The maximum Gasteiger partial charge on any atom is 0.171 e. The van der Waals surface area contributed by atoms with Crippen molar-refractivity contribution in [1.82, 2.24) is 20.9 Å². The fourth-order valence-corrected chi connectivity index (χ4v) is 4.25. The number of piperidine rings is 1. The van der Waals surface area contributed by atoms with E-state index in [-0.39, 0.29) is 11.8 Å². The summed E-state index contributed by atoms with van der Waals surface area (Å²) in [7, 11) is 0. The molecule has 1 unspecified atom stereocenters. The number of para-hydroxylation sites is 1. The van der Waals surface area contributed by atoms with Gasteiger partial charge in [-0.1, -0.05) is 19.1 Å². The highest BCUT2D eigenvalue weighted by molar-refractivity contribution is 5.74. The fourth-order valence-electron chi connectivity index (χ4n) is 4.25. The van der Waals surface area contributed by atoms with E-state index in [0.717, 1.165) is 18.8 Å². The zero-order valence-corrected chi connectivity index (χ0v) is 16.4. The van der Waals surface area contributed by atoms with E-state index in [1.165, 1.54) is 18.4 Å². The molecule has 0 saturated carbocycles. The van der Waals surface area contributed by atoms with E-state index in [1.807, 2.05) is 23.2 Å². The monoisotopic (exact) mass is 380 g/mol. The molecule has 0 amide bonds. The van der Waals surface area contributed by atoms with Crippen molar-refractivity contribution in [2.75, 3.05) is 23.8 Å². The van der Waals surface area contributed by atoms with E-state index < -0.39 is 0 Å². The van der Waals surface area contributed by atoms with Crippen LogP contribution in [0.25, 0.3) is 11.3 Å². The molecule has 1 aromatic heterocycles. The summed E-state index contributed by atoms with van der Waals surface area (Å²) >= 11 is 0. The first-order chi connectivity index (χ1) is 13.5. The van der Waals surface area contributed by atoms with Crippen LogP contribution in [0.3, 0.4) is 0 Å². The Kier molecular flexibility index (Phi) is 5.19. The Labute approximate surface area is 165 Å². The molecular formula is C21H28N6O. The molecule has 2 atom stereocenters. The Bertz CT molecular complexity index is 877. The first-order valence-electron chi connectivity index (χ1n) is 9.94. The van der Waals surface area contributed by atoms with Gasteiger partial charge in [-0.2, -0.15) is 0 Å². The minimum Gasteiger partial charge on any atom is -0.507 e. The molecule has 7 nitrogen and oxygen atoms in total. The van der Waals surface area contributed by atoms with Gasteiger partial charge in [-0.25, -0.2) is 5.43 Å². The van der Waals surface area contributed by atoms with Crippen molar-refractivity contribution >= 4 is 11.5 Å². The number of anilines is 2. The number of nitrogen functional groups attached to an aromatic ring is 1. The van der Waals surface area contributed by atoms with E-state index in [1.54, 1.807) is 12.1 Å². The molecule has 2 aliphatic heterocycles. The summed E-state index contributed by atoms with van der Waals surface area (Å²) in [6.07, 6.45) is 4.57. The van der Waals surface area contributed by atoms with Crippen molar-refractivity contribution in [2.24, 2.45) is 11.8 Å². The second-order valence-corrected chi connectivity index (χ2v) is 7.74. The number of hydrogen-bond donors (Lipinski definition) is 4. The maximum absolute atomic E-state index is 10.1. The van der Waals surface area contributed by atoms with Gasteiger partial charge in [0.1, 0.15) is 11.4 Å². The summed E-state index contributed by atoms with van der Waals surface area (Å²) in [5, 5.41) is 23.8. The molecule has 3 heterocycles. The Morgan fingerprint density at radius 1 is 1.21 bits per heavy atom. The number of hydrogen-bond acceptors (Lipinski definition) is 7. The third kappa shape index (κ3) is 3.55. The molecule has 28 heavy (non-hydrogen) atoms. The first kappa shape index (κ1) is 18.7. The van der Waals surface area contributed by atoms with Gasteiger partial charge in [-0.05, 0) is 68.5 Å². The lowest BCUT2D eigenvalue weighted by Gasteiger charge is -2.30. The van der Waals surface area contributed by atoms with Crippen LogP contribution in [-0.4, -0.2) is 34.4 Å². The number of rotatable bonds is 4. The molecule has 0 bridgehead atoms. The molecule has 2 aliphatic rings. The average Bonchev–Trinajstić information content (AvgIpc) is 3.10. The normalized spacial score (nSPS) is 21.6. The van der Waals surface area contributed by atoms with Gasteiger partial charge in [-0.3, -0.25) is 5.01 Å². The van der Waals surface area contributed by atoms with Crippen molar-refractivity contribution < 1.29 is 5.11 Å². The van der Waals surface area contributed by atoms with Gasteiger partial charge in [0.15, 0.2) is 5.82 Å². The van der Waals surface area contributed by atoms with Crippen LogP contribution >= 0.6 is 0 Å². The molecule has 1 saturated heterocycles. The molecule has 0 aliphatic carbocycles. The zero-order chi connectivity index (χ0) is 19.7. The quantitative estimate of drug-likeness (QED) is 0.647. The van der Waals surface area contributed by atoms with E-state index >= 15 is 0 Å². The molecule has 5 N–H and O–H groups in total. The van der Waals surface area contributed by atoms with Crippen LogP contribution in [0.4, 0.5) is 11.5 Å². The van der Waals surface area contributed by atoms with Crippen molar-refractivity contribution in [1.29, 1.82) is 0 Å². The Morgan fingerprint density at radius 3 is 2.71 bits per heavy atom. The van der Waals surface area contributed by atoms with Crippen LogP contribution in [0.2, 0.25) is 0 Å². The lowest BCUT2D eigenvalue weighted by molar-refractivity contribution is 0.297. The second kappa shape index (κ2) is 7.77. The highest BCUT2D eigenvalue weighted by atomic mass is 16.3. The van der Waals surface area contributed by atoms with Crippen molar-refractivity contribution in [3.05, 3.63) is 42.1 Å². The summed E-state index contributed by atoms with van der Waals surface area (Å²) in [4.78, 5) is 0. The number of phenols is 1. The van der Waals surface area contributed by atoms with Crippen LogP contribution < -0.4 is 21.5 Å². The first-order valence-corrected chi connectivity index (χ1v) is 9.94. The van der Waals surface area contributed by atoms with Crippen molar-refractivity contribution in [2.45, 2.75) is 32.7 Å². The standard InChI is InChI=1S/C21H28N6O/c1-13(15-7-9-23-10-8-15)17-12-27(26-14(17)2)19-11-18(24-25-21(19)22)16-5-3-4-6-20(16)28/h3-6,11-15,23,26,28H,7-10H2,1-2H3,(H2,22,25)/t13-,14?/m1/s1. The van der Waals surface area contributed by atoms with Gasteiger partial charge in [0, 0.05) is 17.8 Å². The molecule has 148 valence electrons. The lowest BCUT2D eigenvalue weighted by Crippen LogP contribution is -2.37. The molecular weight excluding hydrogens is 352 g/mol. The van der Waals surface area contributed by atoms with Crippen LogP contribution in [0.15, 0.2) is 42.1 Å². The highest BCUT2D eigenvalue weighted by Crippen LogP contribution is 2.36. The van der Waals surface area contributed by atoms with Gasteiger partial charge in [0.05, 0.1) is 5.69 Å². The van der Waals surface area contributed by atoms with Gasteiger partial charge in [-0.15, -0.1) is 10.2 Å². The number of hydrazine groups is 1. The minimum atomic E-state index is 0.172. The van der Waals surface area contributed by atoms with Crippen LogP contribution in [0, 0.1) is 11.8 Å². The Morgan fingerprint density at radius 2 is 1.96 bits per heavy atom. The van der Waals surface area contributed by atoms with Gasteiger partial charge >= 0.3 is 0 Å². The van der Waals surface area contributed by atoms with Crippen molar-refractivity contribution in [3.63, 3.8) is 0 Å². The van der Waals surface area contributed by atoms with Crippen molar-refractivity contribution in [3.8, 4) is 17.0 Å². The molecule has 7 heteroatoms. The molecule has 0 radical (unpaired) electrons. The third-order valence-corrected chi connectivity index (χ3v) is 5.97. The molecule has 1 fully saturated rings. The predicted octanol–water partition coefficient (Wildman–Crippen LogP) is 2.66. The number of nitrogens with zero attached hydrogens (tertiary/aromatic N) is 3. The average molecular weight is 380 g/mol. The summed E-state index contributed by atoms with van der Waals surface area (Å²) in [5.74, 6) is 1.72. The summed E-state index contributed by atoms with van der Waals surface area (Å²) in [6.45, 7) is 6.70. The van der Waals surface area contributed by atoms with Gasteiger partial charge in [0.2, 0.25) is 0 Å². The number of phenolic OH excluding ortho intramolecular Hbond substituents is 1. The number of benzene rings is 1. The van der Waals surface area contributed by atoms with Crippen LogP contribution in [-0.2, 0) is 0 Å².